The van der Waals surface area contributed by atoms with Crippen LogP contribution in [0, 0.1) is 10.1 Å². The zero-order chi connectivity index (χ0) is 16.7. The molecule has 2 rings (SSSR count). The Bertz CT molecular complexity index is 596. The zero-order valence-corrected chi connectivity index (χ0v) is 13.3. The molecule has 1 fully saturated rings. The van der Waals surface area contributed by atoms with E-state index in [4.69, 9.17) is 0 Å². The number of thioether (sulfide) groups is 1. The highest BCUT2D eigenvalue weighted by Crippen LogP contribution is 2.22. The fourth-order valence-electron chi connectivity index (χ4n) is 2.14. The molecule has 9 heteroatoms. The molecule has 2 N–H and O–H groups in total. The minimum absolute atomic E-state index is 0.00359. The second kappa shape index (κ2) is 8.37. The van der Waals surface area contributed by atoms with E-state index in [9.17, 15) is 19.7 Å². The molecule has 1 aromatic carbocycles. The number of benzene rings is 1. The molecule has 8 nitrogen and oxygen atoms in total. The Morgan fingerprint density at radius 2 is 2.13 bits per heavy atom. The van der Waals surface area contributed by atoms with Gasteiger partial charge < -0.3 is 15.5 Å². The summed E-state index contributed by atoms with van der Waals surface area (Å²) in [5, 5.41) is 16.5. The number of hydrogen-bond acceptors (Lipinski definition) is 6. The van der Waals surface area contributed by atoms with Gasteiger partial charge in [0.05, 0.1) is 4.92 Å². The van der Waals surface area contributed by atoms with Crippen LogP contribution in [0.1, 0.15) is 6.42 Å². The number of hydrogen-bond donors (Lipinski definition) is 2. The van der Waals surface area contributed by atoms with E-state index >= 15 is 0 Å². The molecule has 1 aliphatic heterocycles. The van der Waals surface area contributed by atoms with Gasteiger partial charge in [0, 0.05) is 44.4 Å². The van der Waals surface area contributed by atoms with Gasteiger partial charge in [-0.3, -0.25) is 19.7 Å². The largest absolute Gasteiger partial charge is 0.378 e. The molecule has 0 spiro atoms. The van der Waals surface area contributed by atoms with E-state index < -0.39 is 4.92 Å². The van der Waals surface area contributed by atoms with Gasteiger partial charge >= 0.3 is 0 Å². The SMILES string of the molecule is O=C(CCN1CCSC1=O)NCCNc1ccccc1[N+](=O)[O-]. The lowest BCUT2D eigenvalue weighted by molar-refractivity contribution is -0.384. The lowest BCUT2D eigenvalue weighted by atomic mass is 10.2. The monoisotopic (exact) mass is 338 g/mol. The van der Waals surface area contributed by atoms with Gasteiger partial charge in [-0.15, -0.1) is 0 Å². The molecule has 1 heterocycles. The van der Waals surface area contributed by atoms with Crippen LogP contribution >= 0.6 is 11.8 Å². The van der Waals surface area contributed by atoms with Crippen LogP contribution in [-0.2, 0) is 4.79 Å². The minimum Gasteiger partial charge on any atom is -0.378 e. The van der Waals surface area contributed by atoms with Crippen molar-refractivity contribution in [1.82, 2.24) is 10.2 Å². The minimum atomic E-state index is -0.452. The third-order valence-electron chi connectivity index (χ3n) is 3.32. The summed E-state index contributed by atoms with van der Waals surface area (Å²) in [5.41, 5.74) is 0.426. The molecule has 2 amide bonds. The van der Waals surface area contributed by atoms with Crippen LogP contribution in [0.15, 0.2) is 24.3 Å². The van der Waals surface area contributed by atoms with E-state index in [1.165, 1.54) is 17.8 Å². The van der Waals surface area contributed by atoms with Gasteiger partial charge in [-0.25, -0.2) is 0 Å². The smallest absolute Gasteiger partial charge is 0.292 e. The topological polar surface area (TPSA) is 105 Å². The summed E-state index contributed by atoms with van der Waals surface area (Å²) in [6.07, 6.45) is 0.262. The molecule has 0 bridgehead atoms. The fraction of sp³-hybridized carbons (Fsp3) is 0.429. The van der Waals surface area contributed by atoms with E-state index in [2.05, 4.69) is 10.6 Å². The summed E-state index contributed by atoms with van der Waals surface area (Å²) >= 11 is 1.27. The summed E-state index contributed by atoms with van der Waals surface area (Å²) in [5.74, 6) is 0.638. The van der Waals surface area contributed by atoms with Crippen molar-refractivity contribution in [2.75, 3.05) is 37.2 Å². The number of anilines is 1. The third-order valence-corrected chi connectivity index (χ3v) is 4.21. The van der Waals surface area contributed by atoms with Crippen molar-refractivity contribution >= 4 is 34.3 Å². The average molecular weight is 338 g/mol. The number of rotatable bonds is 8. The van der Waals surface area contributed by atoms with E-state index in [0.717, 1.165) is 5.75 Å². The highest BCUT2D eigenvalue weighted by molar-refractivity contribution is 8.13. The number of nitrogens with zero attached hydrogens (tertiary/aromatic N) is 2. The van der Waals surface area contributed by atoms with Crippen LogP contribution in [0.3, 0.4) is 0 Å². The summed E-state index contributed by atoms with van der Waals surface area (Å²) in [4.78, 5) is 35.2. The first kappa shape index (κ1) is 17.1. The molecular weight excluding hydrogens is 320 g/mol. The van der Waals surface area contributed by atoms with Crippen molar-refractivity contribution in [3.8, 4) is 0 Å². The molecular formula is C14H18N4O4S. The van der Waals surface area contributed by atoms with Gasteiger partial charge in [-0.1, -0.05) is 23.9 Å². The summed E-state index contributed by atoms with van der Waals surface area (Å²) in [7, 11) is 0. The van der Waals surface area contributed by atoms with Gasteiger partial charge in [-0.2, -0.15) is 0 Å². The maximum absolute atomic E-state index is 11.7. The quantitative estimate of drug-likeness (QED) is 0.424. The first-order chi connectivity index (χ1) is 11.1. The number of nitrogens with one attached hydrogen (secondary N) is 2. The molecule has 124 valence electrons. The first-order valence-electron chi connectivity index (χ1n) is 7.23. The number of nitro groups is 1. The van der Waals surface area contributed by atoms with Crippen LogP contribution < -0.4 is 10.6 Å². The molecule has 0 saturated carbocycles. The third kappa shape index (κ3) is 5.13. The Morgan fingerprint density at radius 3 is 2.83 bits per heavy atom. The fourth-order valence-corrected chi connectivity index (χ4v) is 2.99. The Morgan fingerprint density at radius 1 is 1.35 bits per heavy atom. The molecule has 0 radical (unpaired) electrons. The number of para-hydroxylation sites is 2. The van der Waals surface area contributed by atoms with Crippen molar-refractivity contribution < 1.29 is 14.5 Å². The highest BCUT2D eigenvalue weighted by atomic mass is 32.2. The lowest BCUT2D eigenvalue weighted by Crippen LogP contribution is -2.33. The number of nitro benzene ring substituents is 1. The van der Waals surface area contributed by atoms with Crippen molar-refractivity contribution in [2.45, 2.75) is 6.42 Å². The standard InChI is InChI=1S/C14H18N4O4S/c19-13(5-8-17-9-10-23-14(17)20)16-7-6-15-11-3-1-2-4-12(11)18(21)22/h1-4,15H,5-10H2,(H,16,19). The Balaban J connectivity index is 1.66. The van der Waals surface area contributed by atoms with Crippen LogP contribution in [0.4, 0.5) is 16.2 Å². The number of carbonyl (C=O) groups excluding carboxylic acids is 2. The van der Waals surface area contributed by atoms with Gasteiger partial charge in [0.15, 0.2) is 0 Å². The number of carbonyl (C=O) groups is 2. The maximum atomic E-state index is 11.7. The molecule has 0 atom stereocenters. The Hall–Kier alpha value is -2.29. The van der Waals surface area contributed by atoms with E-state index in [0.29, 0.717) is 31.9 Å². The van der Waals surface area contributed by atoms with Crippen molar-refractivity contribution in [1.29, 1.82) is 0 Å². The average Bonchev–Trinajstić information content (AvgIpc) is 2.95. The van der Waals surface area contributed by atoms with Crippen LogP contribution in [0.2, 0.25) is 0 Å². The Labute approximate surface area is 137 Å². The van der Waals surface area contributed by atoms with Gasteiger partial charge in [0.2, 0.25) is 5.91 Å². The van der Waals surface area contributed by atoms with Gasteiger partial charge in [0.1, 0.15) is 5.69 Å². The molecule has 0 aliphatic carbocycles. The first-order valence-corrected chi connectivity index (χ1v) is 8.22. The van der Waals surface area contributed by atoms with Crippen LogP contribution in [-0.4, -0.2) is 52.9 Å². The lowest BCUT2D eigenvalue weighted by Gasteiger charge is -2.14. The second-order valence-corrected chi connectivity index (χ2v) is 5.95. The predicted molar refractivity (Wildman–Crippen MR) is 88.6 cm³/mol. The van der Waals surface area contributed by atoms with Crippen molar-refractivity contribution in [2.24, 2.45) is 0 Å². The van der Waals surface area contributed by atoms with Crippen molar-refractivity contribution in [3.63, 3.8) is 0 Å². The number of amides is 2. The molecule has 1 aliphatic rings. The molecule has 1 aromatic rings. The molecule has 1 saturated heterocycles. The van der Waals surface area contributed by atoms with Gasteiger partial charge in [0.25, 0.3) is 10.9 Å². The normalized spacial score (nSPS) is 13.9. The van der Waals surface area contributed by atoms with Crippen LogP contribution in [0.5, 0.6) is 0 Å². The molecule has 0 unspecified atom stereocenters. The van der Waals surface area contributed by atoms with Crippen molar-refractivity contribution in [3.05, 3.63) is 34.4 Å². The predicted octanol–water partition coefficient (Wildman–Crippen LogP) is 1.68. The Kier molecular flexibility index (Phi) is 6.21. The summed E-state index contributed by atoms with van der Waals surface area (Å²) in [6, 6.07) is 6.35. The maximum Gasteiger partial charge on any atom is 0.292 e. The van der Waals surface area contributed by atoms with Gasteiger partial charge in [-0.05, 0) is 6.07 Å². The molecule has 23 heavy (non-hydrogen) atoms. The van der Waals surface area contributed by atoms with E-state index in [1.54, 1.807) is 23.1 Å². The second-order valence-electron chi connectivity index (χ2n) is 4.90. The molecule has 0 aromatic heterocycles. The summed E-state index contributed by atoms with van der Waals surface area (Å²) < 4.78 is 0. The van der Waals surface area contributed by atoms with E-state index in [1.807, 2.05) is 0 Å². The van der Waals surface area contributed by atoms with Crippen LogP contribution in [0.25, 0.3) is 0 Å². The van der Waals surface area contributed by atoms with E-state index in [-0.39, 0.29) is 23.3 Å². The highest BCUT2D eigenvalue weighted by Gasteiger charge is 2.21. The zero-order valence-electron chi connectivity index (χ0n) is 12.5. The summed E-state index contributed by atoms with van der Waals surface area (Å²) in [6.45, 7) is 1.86.